The minimum atomic E-state index is -5.07. The SMILES string of the molecule is O=C(NCCSSCCNC(=O)c1ccc(-c2nnc(-c3cc(C(F)(F)F)cc(C(F)(F)F)c3)nn2)cc1)c1ccc(-c2nnc(-c3cc(C(F)(F)F)cc(C(F)(F)F)c3)nn2)cc1. The van der Waals surface area contributed by atoms with Crippen LogP contribution in [0.25, 0.3) is 45.6 Å². The Morgan fingerprint density at radius 2 is 0.641 bits per heavy atom. The molecule has 0 fully saturated rings. The van der Waals surface area contributed by atoms with E-state index < -0.39 is 81.5 Å². The lowest BCUT2D eigenvalue weighted by Crippen LogP contribution is -2.26. The number of amides is 2. The molecule has 334 valence electrons. The molecule has 6 aromatic rings. The van der Waals surface area contributed by atoms with E-state index in [1.807, 2.05) is 0 Å². The zero-order chi connectivity index (χ0) is 46.5. The standard InChI is InChI=1S/C38H24F12N10O2S2/c39-35(40,41)25-13-23(14-26(17-25)36(42,43)44)31-57-53-29(54-58-31)19-1-5-21(6-2-19)33(61)51-9-11-63-64-12-10-52-34(62)22-7-3-20(4-8-22)30-55-59-32(60-56-30)24-15-27(37(45,46)47)18-28(16-24)38(48,49)50/h1-8,13-18H,9-12H2,(H,51,61)(H,52,62). The van der Waals surface area contributed by atoms with Gasteiger partial charge in [-0.05, 0) is 60.7 Å². The molecule has 0 saturated heterocycles. The maximum Gasteiger partial charge on any atom is 0.416 e. The first kappa shape index (κ1) is 47.0. The van der Waals surface area contributed by atoms with Gasteiger partial charge in [0.05, 0.1) is 22.3 Å². The third kappa shape index (κ3) is 12.2. The molecule has 6 rings (SSSR count). The Labute approximate surface area is 359 Å². The summed E-state index contributed by atoms with van der Waals surface area (Å²) in [4.78, 5) is 25.2. The number of carbonyl (C=O) groups is 2. The molecule has 0 aliphatic rings. The van der Waals surface area contributed by atoms with Crippen molar-refractivity contribution < 1.29 is 62.3 Å². The van der Waals surface area contributed by atoms with Crippen molar-refractivity contribution in [2.75, 3.05) is 24.6 Å². The van der Waals surface area contributed by atoms with E-state index in [0.29, 0.717) is 46.9 Å². The van der Waals surface area contributed by atoms with Gasteiger partial charge in [-0.1, -0.05) is 45.9 Å². The third-order valence-corrected chi connectivity index (χ3v) is 10.9. The van der Waals surface area contributed by atoms with E-state index in [4.69, 9.17) is 0 Å². The van der Waals surface area contributed by atoms with Crippen LogP contribution < -0.4 is 10.6 Å². The predicted octanol–water partition coefficient (Wildman–Crippen LogP) is 9.13. The molecule has 4 aromatic carbocycles. The van der Waals surface area contributed by atoms with Crippen LogP contribution in [0.2, 0.25) is 0 Å². The quantitative estimate of drug-likeness (QED) is 0.0643. The number of nitrogens with one attached hydrogen (secondary N) is 2. The first-order chi connectivity index (χ1) is 30.1. The van der Waals surface area contributed by atoms with Crippen molar-refractivity contribution in [3.63, 3.8) is 0 Å². The van der Waals surface area contributed by atoms with Gasteiger partial charge in [-0.25, -0.2) is 0 Å². The molecule has 0 atom stereocenters. The summed E-state index contributed by atoms with van der Waals surface area (Å²) in [5.41, 5.74) is -6.23. The lowest BCUT2D eigenvalue weighted by Gasteiger charge is -2.13. The summed E-state index contributed by atoms with van der Waals surface area (Å²) < 4.78 is 159. The fourth-order valence-corrected chi connectivity index (χ4v) is 7.18. The van der Waals surface area contributed by atoms with Gasteiger partial charge in [0.1, 0.15) is 0 Å². The number of alkyl halides is 12. The van der Waals surface area contributed by atoms with Crippen molar-refractivity contribution in [3.05, 3.63) is 118 Å². The summed E-state index contributed by atoms with van der Waals surface area (Å²) in [6.45, 7) is 0.561. The zero-order valence-corrected chi connectivity index (χ0v) is 33.3. The second-order valence-corrected chi connectivity index (χ2v) is 15.7. The molecule has 0 bridgehead atoms. The minimum Gasteiger partial charge on any atom is -0.351 e. The Balaban J connectivity index is 0.909. The lowest BCUT2D eigenvalue weighted by molar-refractivity contribution is -0.144. The van der Waals surface area contributed by atoms with Crippen molar-refractivity contribution in [1.82, 2.24) is 51.4 Å². The molecule has 0 aliphatic heterocycles. The summed E-state index contributed by atoms with van der Waals surface area (Å²) in [6, 6.07) is 13.3. The van der Waals surface area contributed by atoms with Crippen LogP contribution in [0.5, 0.6) is 0 Å². The van der Waals surface area contributed by atoms with Crippen molar-refractivity contribution in [1.29, 1.82) is 0 Å². The summed E-state index contributed by atoms with van der Waals surface area (Å²) in [5, 5.41) is 35.2. The van der Waals surface area contributed by atoms with Crippen LogP contribution in [0.1, 0.15) is 43.0 Å². The number of carbonyl (C=O) groups excluding carboxylic acids is 2. The Hall–Kier alpha value is -6.44. The average molecular weight is 945 g/mol. The second kappa shape index (κ2) is 19.1. The number of halogens is 12. The highest BCUT2D eigenvalue weighted by Crippen LogP contribution is 2.39. The molecular formula is C38H24F12N10O2S2. The first-order valence-corrected chi connectivity index (χ1v) is 20.3. The molecule has 12 nitrogen and oxygen atoms in total. The van der Waals surface area contributed by atoms with Gasteiger partial charge in [0.25, 0.3) is 11.8 Å². The molecule has 0 unspecified atom stereocenters. The van der Waals surface area contributed by atoms with E-state index in [9.17, 15) is 62.3 Å². The van der Waals surface area contributed by atoms with Crippen molar-refractivity contribution >= 4 is 33.4 Å². The highest BCUT2D eigenvalue weighted by molar-refractivity contribution is 8.76. The van der Waals surface area contributed by atoms with Gasteiger partial charge in [0.2, 0.25) is 23.3 Å². The van der Waals surface area contributed by atoms with Crippen LogP contribution in [0, 0.1) is 0 Å². The Morgan fingerprint density at radius 3 is 0.891 bits per heavy atom. The molecule has 2 N–H and O–H groups in total. The number of hydrogen-bond acceptors (Lipinski definition) is 12. The van der Waals surface area contributed by atoms with Gasteiger partial charge in [-0.2, -0.15) is 52.7 Å². The fraction of sp³-hybridized carbons (Fsp3) is 0.211. The number of rotatable bonds is 13. The van der Waals surface area contributed by atoms with E-state index in [1.54, 1.807) is 0 Å². The molecule has 2 heterocycles. The average Bonchev–Trinajstić information content (AvgIpc) is 3.26. The number of hydrogen-bond donors (Lipinski definition) is 2. The molecule has 0 aliphatic carbocycles. The highest BCUT2D eigenvalue weighted by Gasteiger charge is 2.39. The summed E-state index contributed by atoms with van der Waals surface area (Å²) in [7, 11) is 2.85. The van der Waals surface area contributed by atoms with Gasteiger partial charge in [-0.15, -0.1) is 40.8 Å². The molecule has 0 radical (unpaired) electrons. The fourth-order valence-electron chi connectivity index (χ4n) is 5.36. The van der Waals surface area contributed by atoms with Gasteiger partial charge < -0.3 is 10.6 Å². The Morgan fingerprint density at radius 1 is 0.391 bits per heavy atom. The van der Waals surface area contributed by atoms with Gasteiger partial charge in [0, 0.05) is 58.0 Å². The van der Waals surface area contributed by atoms with E-state index in [0.717, 1.165) is 0 Å². The van der Waals surface area contributed by atoms with E-state index in [1.165, 1.54) is 70.1 Å². The third-order valence-electron chi connectivity index (χ3n) is 8.49. The molecule has 2 amide bonds. The summed E-state index contributed by atoms with van der Waals surface area (Å²) in [6.07, 6.45) is -20.3. The van der Waals surface area contributed by atoms with Gasteiger partial charge in [-0.3, -0.25) is 9.59 Å². The first-order valence-electron chi connectivity index (χ1n) is 17.8. The van der Waals surface area contributed by atoms with Crippen LogP contribution in [-0.4, -0.2) is 77.2 Å². The summed E-state index contributed by atoms with van der Waals surface area (Å²) in [5.74, 6) is -1.17. The van der Waals surface area contributed by atoms with Crippen molar-refractivity contribution in [3.8, 4) is 45.6 Å². The normalized spacial score (nSPS) is 12.2. The summed E-state index contributed by atoms with van der Waals surface area (Å²) >= 11 is 0. The molecule has 2 aromatic heterocycles. The maximum absolute atomic E-state index is 13.2. The van der Waals surface area contributed by atoms with E-state index in [2.05, 4.69) is 51.4 Å². The number of benzene rings is 4. The topological polar surface area (TPSA) is 161 Å². The van der Waals surface area contributed by atoms with E-state index in [-0.39, 0.29) is 48.0 Å². The van der Waals surface area contributed by atoms with Gasteiger partial charge >= 0.3 is 24.7 Å². The predicted molar refractivity (Wildman–Crippen MR) is 207 cm³/mol. The number of nitrogens with zero attached hydrogens (tertiary/aromatic N) is 8. The monoisotopic (exact) mass is 944 g/mol. The van der Waals surface area contributed by atoms with Crippen molar-refractivity contribution in [2.24, 2.45) is 0 Å². The van der Waals surface area contributed by atoms with Crippen LogP contribution in [-0.2, 0) is 24.7 Å². The number of aromatic nitrogens is 8. The smallest absolute Gasteiger partial charge is 0.351 e. The molecule has 64 heavy (non-hydrogen) atoms. The molecule has 0 saturated carbocycles. The minimum absolute atomic E-state index is 0.0254. The molecule has 0 spiro atoms. The van der Waals surface area contributed by atoms with Crippen LogP contribution in [0.15, 0.2) is 84.9 Å². The maximum atomic E-state index is 13.2. The molecule has 26 heteroatoms. The van der Waals surface area contributed by atoms with Crippen LogP contribution >= 0.6 is 21.6 Å². The van der Waals surface area contributed by atoms with E-state index >= 15 is 0 Å². The molecular weight excluding hydrogens is 921 g/mol. The Kier molecular flexibility index (Phi) is 14.1. The Bertz CT molecular complexity index is 2350. The van der Waals surface area contributed by atoms with Crippen molar-refractivity contribution in [2.45, 2.75) is 24.7 Å². The largest absolute Gasteiger partial charge is 0.416 e. The highest BCUT2D eigenvalue weighted by atomic mass is 33.1. The lowest BCUT2D eigenvalue weighted by atomic mass is 10.0. The second-order valence-electron chi connectivity index (χ2n) is 13.0. The van der Waals surface area contributed by atoms with Crippen LogP contribution in [0.4, 0.5) is 52.7 Å². The van der Waals surface area contributed by atoms with Crippen LogP contribution in [0.3, 0.4) is 0 Å². The zero-order valence-electron chi connectivity index (χ0n) is 31.7. The van der Waals surface area contributed by atoms with Gasteiger partial charge in [0.15, 0.2) is 0 Å².